The summed E-state index contributed by atoms with van der Waals surface area (Å²) in [6.07, 6.45) is 6.61. The molecule has 6 nitrogen and oxygen atoms in total. The van der Waals surface area contributed by atoms with Gasteiger partial charge in [-0.2, -0.15) is 4.37 Å². The van der Waals surface area contributed by atoms with E-state index in [9.17, 15) is 4.79 Å². The molecule has 1 fully saturated rings. The number of carbonyl (C=O) groups is 1. The van der Waals surface area contributed by atoms with E-state index in [1.165, 1.54) is 10.1 Å². The molecule has 1 N–H and O–H groups in total. The number of amides is 2. The highest BCUT2D eigenvalue weighted by molar-refractivity contribution is 7.13. The first-order valence-corrected chi connectivity index (χ1v) is 11.3. The quantitative estimate of drug-likeness (QED) is 0.762. The molecule has 156 valence electrons. The molecule has 0 radical (unpaired) electrons. The van der Waals surface area contributed by atoms with Crippen LogP contribution in [-0.4, -0.2) is 73.1 Å². The van der Waals surface area contributed by atoms with E-state index in [0.29, 0.717) is 0 Å². The predicted octanol–water partition coefficient (Wildman–Crippen LogP) is 3.56. The van der Waals surface area contributed by atoms with Crippen LogP contribution in [0.2, 0.25) is 0 Å². The Hall–Kier alpha value is -2.12. The molecule has 2 amide bonds. The van der Waals surface area contributed by atoms with Crippen LogP contribution in [0.3, 0.4) is 0 Å². The van der Waals surface area contributed by atoms with Gasteiger partial charge in [-0.1, -0.05) is 23.8 Å². The Balaban J connectivity index is 1.22. The lowest BCUT2D eigenvalue weighted by Crippen LogP contribution is -2.47. The highest BCUT2D eigenvalue weighted by Crippen LogP contribution is 2.30. The summed E-state index contributed by atoms with van der Waals surface area (Å²) in [5, 5.41) is 4.38. The largest absolute Gasteiger partial charge is 0.353 e. The van der Waals surface area contributed by atoms with Gasteiger partial charge in [0.15, 0.2) is 0 Å². The Labute approximate surface area is 177 Å². The van der Waals surface area contributed by atoms with E-state index < -0.39 is 0 Å². The lowest BCUT2D eigenvalue weighted by molar-refractivity contribution is 0.212. The van der Waals surface area contributed by atoms with Gasteiger partial charge < -0.3 is 15.1 Å². The maximum atomic E-state index is 11.8. The fourth-order valence-corrected chi connectivity index (χ4v) is 4.93. The van der Waals surface area contributed by atoms with Crippen molar-refractivity contribution in [1.29, 1.82) is 0 Å². The van der Waals surface area contributed by atoms with Crippen LogP contribution in [0.15, 0.2) is 35.9 Å². The van der Waals surface area contributed by atoms with Gasteiger partial charge in [0.2, 0.25) is 0 Å². The first-order chi connectivity index (χ1) is 14.1. The molecule has 1 saturated heterocycles. The zero-order valence-corrected chi connectivity index (χ0v) is 18.2. The number of urea groups is 1. The second kappa shape index (κ2) is 9.13. The first-order valence-electron chi connectivity index (χ1n) is 10.6. The lowest BCUT2D eigenvalue weighted by Gasteiger charge is -2.35. The first kappa shape index (κ1) is 20.2. The minimum atomic E-state index is 0.0117. The van der Waals surface area contributed by atoms with Crippen LogP contribution in [-0.2, 0) is 0 Å². The van der Waals surface area contributed by atoms with Gasteiger partial charge in [0.1, 0.15) is 5.82 Å². The standard InChI is InChI=1S/C22H31N5OS/c1-25(2)22(28)23-18-9-7-17(8-10-18)11-12-26-13-15-27(16-14-26)21-19-5-3-4-6-20(19)29-24-21/h3-7,18H,8-16H2,1-2H3,(H,23,28). The van der Waals surface area contributed by atoms with Crippen LogP contribution in [0.25, 0.3) is 10.1 Å². The number of aromatic nitrogens is 1. The Kier molecular flexibility index (Phi) is 6.35. The third-order valence-corrected chi connectivity index (χ3v) is 6.84. The van der Waals surface area contributed by atoms with Crippen molar-refractivity contribution in [3.63, 3.8) is 0 Å². The molecule has 2 aromatic rings. The fourth-order valence-electron chi connectivity index (χ4n) is 4.14. The van der Waals surface area contributed by atoms with Gasteiger partial charge in [-0.15, -0.1) is 0 Å². The molecular formula is C22H31N5OS. The Bertz CT molecular complexity index is 869. The summed E-state index contributed by atoms with van der Waals surface area (Å²) >= 11 is 1.60. The van der Waals surface area contributed by atoms with Gasteiger partial charge in [0.05, 0.1) is 4.70 Å². The number of hydrogen-bond acceptors (Lipinski definition) is 5. The van der Waals surface area contributed by atoms with Gasteiger partial charge in [0.25, 0.3) is 0 Å². The molecule has 0 saturated carbocycles. The van der Waals surface area contributed by atoms with Crippen LogP contribution in [0.5, 0.6) is 0 Å². The second-order valence-corrected chi connectivity index (χ2v) is 9.06. The van der Waals surface area contributed by atoms with E-state index >= 15 is 0 Å². The number of rotatable bonds is 5. The van der Waals surface area contributed by atoms with Crippen molar-refractivity contribution in [2.45, 2.75) is 31.7 Å². The van der Waals surface area contributed by atoms with E-state index in [1.54, 1.807) is 36.1 Å². The minimum Gasteiger partial charge on any atom is -0.353 e. The summed E-state index contributed by atoms with van der Waals surface area (Å²) in [6, 6.07) is 8.82. The number of fused-ring (bicyclic) bond motifs is 1. The number of nitrogens with one attached hydrogen (secondary N) is 1. The average molecular weight is 414 g/mol. The molecule has 7 heteroatoms. The Morgan fingerprint density at radius 1 is 1.24 bits per heavy atom. The van der Waals surface area contributed by atoms with Gasteiger partial charge in [0, 0.05) is 58.2 Å². The Morgan fingerprint density at radius 2 is 2.03 bits per heavy atom. The van der Waals surface area contributed by atoms with E-state index in [0.717, 1.165) is 64.2 Å². The fraction of sp³-hybridized carbons (Fsp3) is 0.545. The molecule has 1 aromatic carbocycles. The number of piperazine rings is 1. The molecule has 4 rings (SSSR count). The number of nitrogens with zero attached hydrogens (tertiary/aromatic N) is 4. The average Bonchev–Trinajstić information content (AvgIpc) is 3.18. The molecule has 2 heterocycles. The molecule has 2 aliphatic rings. The molecule has 0 spiro atoms. The summed E-state index contributed by atoms with van der Waals surface area (Å²) in [4.78, 5) is 18.4. The number of carbonyl (C=O) groups excluding carboxylic acids is 1. The maximum Gasteiger partial charge on any atom is 0.317 e. The summed E-state index contributed by atoms with van der Waals surface area (Å²) in [5.41, 5.74) is 1.55. The highest BCUT2D eigenvalue weighted by atomic mass is 32.1. The van der Waals surface area contributed by atoms with Crippen LogP contribution in [0.1, 0.15) is 25.7 Å². The van der Waals surface area contributed by atoms with E-state index in [-0.39, 0.29) is 12.1 Å². The van der Waals surface area contributed by atoms with Crippen molar-refractivity contribution < 1.29 is 4.79 Å². The van der Waals surface area contributed by atoms with Crippen molar-refractivity contribution >= 4 is 33.5 Å². The molecule has 1 unspecified atom stereocenters. The van der Waals surface area contributed by atoms with Crippen LogP contribution in [0, 0.1) is 0 Å². The van der Waals surface area contributed by atoms with Crippen molar-refractivity contribution in [3.05, 3.63) is 35.9 Å². The van der Waals surface area contributed by atoms with Crippen molar-refractivity contribution in [2.75, 3.05) is 51.7 Å². The molecule has 0 bridgehead atoms. The molecule has 1 aliphatic carbocycles. The van der Waals surface area contributed by atoms with E-state index in [2.05, 4.69) is 45.5 Å². The number of anilines is 1. The molecule has 1 aliphatic heterocycles. The van der Waals surface area contributed by atoms with Crippen LogP contribution >= 0.6 is 11.5 Å². The third kappa shape index (κ3) is 4.90. The Morgan fingerprint density at radius 3 is 2.76 bits per heavy atom. The smallest absolute Gasteiger partial charge is 0.317 e. The van der Waals surface area contributed by atoms with Crippen LogP contribution in [0.4, 0.5) is 10.6 Å². The molecule has 1 atom stereocenters. The predicted molar refractivity (Wildman–Crippen MR) is 121 cm³/mol. The van der Waals surface area contributed by atoms with Gasteiger partial charge in [-0.05, 0) is 49.3 Å². The number of hydrogen-bond donors (Lipinski definition) is 1. The second-order valence-electron chi connectivity index (χ2n) is 8.26. The summed E-state index contributed by atoms with van der Waals surface area (Å²) in [5.74, 6) is 1.16. The number of benzene rings is 1. The topological polar surface area (TPSA) is 51.7 Å². The normalized spacial score (nSPS) is 20.6. The zero-order valence-electron chi connectivity index (χ0n) is 17.4. The summed E-state index contributed by atoms with van der Waals surface area (Å²) in [6.45, 7) is 5.42. The van der Waals surface area contributed by atoms with E-state index in [4.69, 9.17) is 4.37 Å². The molecule has 29 heavy (non-hydrogen) atoms. The van der Waals surface area contributed by atoms with Crippen molar-refractivity contribution in [2.24, 2.45) is 0 Å². The molecule has 1 aromatic heterocycles. The lowest BCUT2D eigenvalue weighted by atomic mass is 9.93. The third-order valence-electron chi connectivity index (χ3n) is 6.02. The van der Waals surface area contributed by atoms with Crippen molar-refractivity contribution in [1.82, 2.24) is 19.5 Å². The monoisotopic (exact) mass is 413 g/mol. The molecular weight excluding hydrogens is 382 g/mol. The van der Waals surface area contributed by atoms with Gasteiger partial charge in [-0.25, -0.2) is 4.79 Å². The maximum absolute atomic E-state index is 11.8. The van der Waals surface area contributed by atoms with Crippen molar-refractivity contribution in [3.8, 4) is 0 Å². The van der Waals surface area contributed by atoms with Gasteiger partial charge in [-0.3, -0.25) is 4.90 Å². The highest BCUT2D eigenvalue weighted by Gasteiger charge is 2.22. The SMILES string of the molecule is CN(C)C(=O)NC1CC=C(CCN2CCN(c3nsc4ccccc34)CC2)CC1. The summed E-state index contributed by atoms with van der Waals surface area (Å²) in [7, 11) is 3.58. The van der Waals surface area contributed by atoms with Crippen LogP contribution < -0.4 is 10.2 Å². The van der Waals surface area contributed by atoms with E-state index in [1.807, 2.05) is 0 Å². The zero-order chi connectivity index (χ0) is 20.2. The van der Waals surface area contributed by atoms with Gasteiger partial charge >= 0.3 is 6.03 Å². The summed E-state index contributed by atoms with van der Waals surface area (Å²) < 4.78 is 5.98. The minimum absolute atomic E-state index is 0.0117.